The van der Waals surface area contributed by atoms with Crippen LogP contribution in [0.4, 0.5) is 4.79 Å². The van der Waals surface area contributed by atoms with Crippen molar-refractivity contribution in [3.05, 3.63) is 0 Å². The van der Waals surface area contributed by atoms with Gasteiger partial charge >= 0.3 is 12.0 Å². The van der Waals surface area contributed by atoms with Crippen LogP contribution < -0.4 is 5.32 Å². The number of carboxylic acids is 1. The quantitative estimate of drug-likeness (QED) is 0.573. The summed E-state index contributed by atoms with van der Waals surface area (Å²) in [6.07, 6.45) is 7.11. The number of hydrogen-bond acceptors (Lipinski definition) is 2. The normalized spacial score (nSPS) is 11.9. The highest BCUT2D eigenvalue weighted by Gasteiger charge is 2.20. The van der Waals surface area contributed by atoms with Gasteiger partial charge in [0.1, 0.15) is 0 Å². The van der Waals surface area contributed by atoms with E-state index in [1.165, 1.54) is 25.7 Å². The molecule has 1 atom stereocenters. The molecule has 1 unspecified atom stereocenters. The third kappa shape index (κ3) is 8.77. The first-order valence-corrected chi connectivity index (χ1v) is 7.79. The minimum absolute atomic E-state index is 0.0156. The molecule has 20 heavy (non-hydrogen) atoms. The molecular weight excluding hydrogens is 256 g/mol. The zero-order valence-electron chi connectivity index (χ0n) is 13.2. The van der Waals surface area contributed by atoms with Gasteiger partial charge in [-0.05, 0) is 20.3 Å². The summed E-state index contributed by atoms with van der Waals surface area (Å²) < 4.78 is 0. The first kappa shape index (κ1) is 18.7. The number of rotatable bonds is 11. The first-order valence-electron chi connectivity index (χ1n) is 7.79. The summed E-state index contributed by atoms with van der Waals surface area (Å²) >= 11 is 0. The van der Waals surface area contributed by atoms with Gasteiger partial charge < -0.3 is 15.3 Å². The lowest BCUT2D eigenvalue weighted by atomic mass is 10.1. The van der Waals surface area contributed by atoms with Gasteiger partial charge in [-0.15, -0.1) is 0 Å². The number of aliphatic carboxylic acids is 1. The summed E-state index contributed by atoms with van der Waals surface area (Å²) in [6.45, 7) is 7.01. The molecule has 0 aromatic carbocycles. The van der Waals surface area contributed by atoms with Crippen LogP contribution in [0.1, 0.15) is 65.7 Å². The molecule has 0 saturated carbocycles. The molecule has 0 heterocycles. The molecule has 0 aliphatic heterocycles. The number of hydrogen-bond donors (Lipinski definition) is 2. The summed E-state index contributed by atoms with van der Waals surface area (Å²) in [6, 6.07) is -0.433. The van der Waals surface area contributed by atoms with Crippen LogP contribution in [0.2, 0.25) is 0 Å². The van der Waals surface area contributed by atoms with Crippen LogP contribution in [0.3, 0.4) is 0 Å². The second-order valence-corrected chi connectivity index (χ2v) is 5.23. The predicted molar refractivity (Wildman–Crippen MR) is 80.9 cm³/mol. The summed E-state index contributed by atoms with van der Waals surface area (Å²) in [5.41, 5.74) is 0. The van der Waals surface area contributed by atoms with Gasteiger partial charge in [-0.2, -0.15) is 0 Å². The summed E-state index contributed by atoms with van der Waals surface area (Å²) in [5.74, 6) is -0.875. The smallest absolute Gasteiger partial charge is 0.317 e. The molecule has 0 aromatic rings. The fraction of sp³-hybridized carbons (Fsp3) is 0.867. The van der Waals surface area contributed by atoms with Gasteiger partial charge in [0.25, 0.3) is 0 Å². The van der Waals surface area contributed by atoms with Crippen molar-refractivity contribution in [2.45, 2.75) is 71.8 Å². The molecule has 0 radical (unpaired) electrons. The first-order chi connectivity index (χ1) is 9.52. The summed E-state index contributed by atoms with van der Waals surface area (Å²) in [4.78, 5) is 24.2. The van der Waals surface area contributed by atoms with Gasteiger partial charge in [0.2, 0.25) is 0 Å². The molecule has 0 aliphatic carbocycles. The number of carboxylic acid groups (broad SMARTS) is 1. The van der Waals surface area contributed by atoms with Gasteiger partial charge in [-0.1, -0.05) is 39.0 Å². The molecular formula is C15H30N2O3. The van der Waals surface area contributed by atoms with Crippen molar-refractivity contribution in [2.75, 3.05) is 13.1 Å². The van der Waals surface area contributed by atoms with Crippen molar-refractivity contribution in [1.29, 1.82) is 0 Å². The van der Waals surface area contributed by atoms with E-state index in [1.807, 2.05) is 6.92 Å². The van der Waals surface area contributed by atoms with Crippen molar-refractivity contribution in [2.24, 2.45) is 0 Å². The Morgan fingerprint density at radius 3 is 2.25 bits per heavy atom. The van der Waals surface area contributed by atoms with E-state index in [4.69, 9.17) is 5.11 Å². The third-order valence-electron chi connectivity index (χ3n) is 3.41. The standard InChI is InChI=1S/C15H30N2O3/c1-4-6-7-8-9-10-11-16-15(20)17(5-2)13(3)12-14(18)19/h13H,4-12H2,1-3H3,(H,16,20)(H,18,19). The maximum Gasteiger partial charge on any atom is 0.317 e. The monoisotopic (exact) mass is 286 g/mol. The van der Waals surface area contributed by atoms with Crippen LogP contribution in [0.5, 0.6) is 0 Å². The summed E-state index contributed by atoms with van der Waals surface area (Å²) in [5, 5.41) is 11.6. The average molecular weight is 286 g/mol. The fourth-order valence-corrected chi connectivity index (χ4v) is 2.22. The Balaban J connectivity index is 3.84. The molecule has 2 N–H and O–H groups in total. The number of carbonyl (C=O) groups excluding carboxylic acids is 1. The number of unbranched alkanes of at least 4 members (excludes halogenated alkanes) is 5. The van der Waals surface area contributed by atoms with Crippen molar-refractivity contribution in [3.63, 3.8) is 0 Å². The Morgan fingerprint density at radius 2 is 1.70 bits per heavy atom. The lowest BCUT2D eigenvalue weighted by Gasteiger charge is -2.27. The number of nitrogens with zero attached hydrogens (tertiary/aromatic N) is 1. The zero-order valence-corrected chi connectivity index (χ0v) is 13.2. The highest BCUT2D eigenvalue weighted by Crippen LogP contribution is 2.06. The second kappa shape index (κ2) is 11.6. The van der Waals surface area contributed by atoms with Crippen LogP contribution in [0.15, 0.2) is 0 Å². The summed E-state index contributed by atoms with van der Waals surface area (Å²) in [7, 11) is 0. The van der Waals surface area contributed by atoms with Crippen molar-refractivity contribution >= 4 is 12.0 Å². The van der Waals surface area contributed by atoms with Crippen LogP contribution in [-0.2, 0) is 4.79 Å². The molecule has 118 valence electrons. The highest BCUT2D eigenvalue weighted by atomic mass is 16.4. The zero-order chi connectivity index (χ0) is 15.4. The molecule has 0 spiro atoms. The Kier molecular flexibility index (Phi) is 10.8. The van der Waals surface area contributed by atoms with Gasteiger partial charge in [-0.3, -0.25) is 4.79 Å². The third-order valence-corrected chi connectivity index (χ3v) is 3.41. The highest BCUT2D eigenvalue weighted by molar-refractivity contribution is 5.75. The molecule has 0 fully saturated rings. The number of urea groups is 1. The largest absolute Gasteiger partial charge is 0.481 e. The van der Waals surface area contributed by atoms with Crippen LogP contribution in [0.25, 0.3) is 0 Å². The van der Waals surface area contributed by atoms with Crippen LogP contribution in [-0.4, -0.2) is 41.1 Å². The van der Waals surface area contributed by atoms with Crippen molar-refractivity contribution in [3.8, 4) is 0 Å². The molecule has 0 bridgehead atoms. The predicted octanol–water partition coefficient (Wildman–Crippen LogP) is 3.24. The van der Waals surface area contributed by atoms with Gasteiger partial charge in [0, 0.05) is 19.1 Å². The molecule has 2 amide bonds. The molecule has 5 nitrogen and oxygen atoms in total. The maximum atomic E-state index is 12.0. The maximum absolute atomic E-state index is 12.0. The minimum atomic E-state index is -0.875. The van der Waals surface area contributed by atoms with E-state index >= 15 is 0 Å². The van der Waals surface area contributed by atoms with E-state index in [1.54, 1.807) is 11.8 Å². The number of amides is 2. The van der Waals surface area contributed by atoms with E-state index < -0.39 is 5.97 Å². The van der Waals surface area contributed by atoms with E-state index in [0.29, 0.717) is 13.1 Å². The lowest BCUT2D eigenvalue weighted by molar-refractivity contribution is -0.138. The SMILES string of the molecule is CCCCCCCCNC(=O)N(CC)C(C)CC(=O)O. The van der Waals surface area contributed by atoms with Crippen LogP contribution in [0, 0.1) is 0 Å². The molecule has 0 aromatic heterocycles. The molecule has 0 saturated heterocycles. The topological polar surface area (TPSA) is 69.6 Å². The Labute approximate surface area is 122 Å². The van der Waals surface area contributed by atoms with Gasteiger partial charge in [0.05, 0.1) is 6.42 Å². The Hall–Kier alpha value is -1.26. The van der Waals surface area contributed by atoms with E-state index in [-0.39, 0.29) is 18.5 Å². The molecule has 0 rings (SSSR count). The average Bonchev–Trinajstić information content (AvgIpc) is 2.37. The van der Waals surface area contributed by atoms with Crippen molar-refractivity contribution in [1.82, 2.24) is 10.2 Å². The second-order valence-electron chi connectivity index (χ2n) is 5.23. The lowest BCUT2D eigenvalue weighted by Crippen LogP contribution is -2.45. The molecule has 5 heteroatoms. The van der Waals surface area contributed by atoms with Gasteiger partial charge in [0.15, 0.2) is 0 Å². The van der Waals surface area contributed by atoms with Crippen LogP contribution >= 0.6 is 0 Å². The van der Waals surface area contributed by atoms with E-state index in [0.717, 1.165) is 12.8 Å². The minimum Gasteiger partial charge on any atom is -0.481 e. The van der Waals surface area contributed by atoms with Crippen molar-refractivity contribution < 1.29 is 14.7 Å². The number of carbonyl (C=O) groups is 2. The molecule has 0 aliphatic rings. The van der Waals surface area contributed by atoms with Gasteiger partial charge in [-0.25, -0.2) is 4.79 Å². The Morgan fingerprint density at radius 1 is 1.10 bits per heavy atom. The van der Waals surface area contributed by atoms with E-state index in [9.17, 15) is 9.59 Å². The Bertz CT molecular complexity index is 282. The number of nitrogens with one attached hydrogen (secondary N) is 1. The van der Waals surface area contributed by atoms with E-state index in [2.05, 4.69) is 12.2 Å². The fourth-order valence-electron chi connectivity index (χ4n) is 2.22.